The van der Waals surface area contributed by atoms with Crippen molar-refractivity contribution in [2.24, 2.45) is 5.92 Å². The number of ether oxygens (including phenoxy) is 1. The third-order valence-electron chi connectivity index (χ3n) is 6.25. The zero-order chi connectivity index (χ0) is 22.6. The monoisotopic (exact) mass is 438 g/mol. The van der Waals surface area contributed by atoms with Crippen LogP contribution in [0.4, 0.5) is 0 Å². The molecule has 0 aliphatic carbocycles. The number of nitrogens with zero attached hydrogens (tertiary/aromatic N) is 2. The fraction of sp³-hybridized carbons (Fsp3) is 0.214. The van der Waals surface area contributed by atoms with Crippen LogP contribution in [0.3, 0.4) is 0 Å². The molecule has 166 valence electrons. The fourth-order valence-corrected chi connectivity index (χ4v) is 4.67. The number of carbonyl (C=O) groups is 1. The van der Waals surface area contributed by atoms with Crippen LogP contribution in [-0.2, 0) is 4.79 Å². The van der Waals surface area contributed by atoms with Gasteiger partial charge in [-0.25, -0.2) is 0 Å². The number of benzene rings is 3. The summed E-state index contributed by atoms with van der Waals surface area (Å²) in [5, 5.41) is 10.7. The average molecular weight is 439 g/mol. The van der Waals surface area contributed by atoms with E-state index in [0.29, 0.717) is 13.0 Å². The lowest BCUT2D eigenvalue weighted by Gasteiger charge is -2.37. The minimum atomic E-state index is -0.726. The Bertz CT molecular complexity index is 1260. The summed E-state index contributed by atoms with van der Waals surface area (Å²) in [6, 6.07) is 27.9. The molecule has 2 heterocycles. The van der Waals surface area contributed by atoms with Gasteiger partial charge < -0.3 is 9.84 Å². The van der Waals surface area contributed by atoms with Crippen molar-refractivity contribution in [1.82, 2.24) is 9.88 Å². The summed E-state index contributed by atoms with van der Waals surface area (Å²) in [7, 11) is 0. The van der Waals surface area contributed by atoms with Gasteiger partial charge in [-0.15, -0.1) is 0 Å². The molecule has 2 unspecified atom stereocenters. The number of hydrogen-bond donors (Lipinski definition) is 1. The average Bonchev–Trinajstić information content (AvgIpc) is 2.85. The van der Waals surface area contributed by atoms with Crippen molar-refractivity contribution in [3.8, 4) is 11.5 Å². The Labute approximate surface area is 193 Å². The number of likely N-dealkylation sites (tertiary alicyclic amines) is 1. The van der Waals surface area contributed by atoms with E-state index in [1.807, 2.05) is 66.9 Å². The van der Waals surface area contributed by atoms with Crippen LogP contribution in [0, 0.1) is 5.92 Å². The molecule has 5 rings (SSSR count). The van der Waals surface area contributed by atoms with Crippen molar-refractivity contribution >= 4 is 16.9 Å². The third-order valence-corrected chi connectivity index (χ3v) is 6.25. The first-order valence-electron chi connectivity index (χ1n) is 11.3. The van der Waals surface area contributed by atoms with Crippen molar-refractivity contribution in [1.29, 1.82) is 0 Å². The number of fused-ring (bicyclic) bond motifs is 1. The van der Waals surface area contributed by atoms with E-state index in [9.17, 15) is 9.90 Å². The molecular weight excluding hydrogens is 412 g/mol. The number of para-hydroxylation sites is 2. The lowest BCUT2D eigenvalue weighted by Crippen LogP contribution is -2.41. The van der Waals surface area contributed by atoms with E-state index in [4.69, 9.17) is 9.72 Å². The predicted octanol–water partition coefficient (Wildman–Crippen LogP) is 5.91. The predicted molar refractivity (Wildman–Crippen MR) is 128 cm³/mol. The number of carboxylic acid groups (broad SMARTS) is 1. The molecule has 0 amide bonds. The molecule has 0 radical (unpaired) electrons. The van der Waals surface area contributed by atoms with Crippen LogP contribution in [0.2, 0.25) is 0 Å². The van der Waals surface area contributed by atoms with E-state index >= 15 is 0 Å². The van der Waals surface area contributed by atoms with Crippen molar-refractivity contribution in [2.75, 3.05) is 13.1 Å². The lowest BCUT2D eigenvalue weighted by atomic mass is 9.91. The highest BCUT2D eigenvalue weighted by Crippen LogP contribution is 2.35. The van der Waals surface area contributed by atoms with Gasteiger partial charge in [0.15, 0.2) is 0 Å². The van der Waals surface area contributed by atoms with E-state index in [1.165, 1.54) is 0 Å². The van der Waals surface area contributed by atoms with Crippen molar-refractivity contribution in [3.05, 3.63) is 102 Å². The van der Waals surface area contributed by atoms with E-state index in [2.05, 4.69) is 29.2 Å². The summed E-state index contributed by atoms with van der Waals surface area (Å²) < 4.78 is 6.09. The molecule has 1 aliphatic heterocycles. The Morgan fingerprint density at radius 1 is 0.939 bits per heavy atom. The maximum absolute atomic E-state index is 11.8. The first-order valence-corrected chi connectivity index (χ1v) is 11.3. The second-order valence-corrected chi connectivity index (χ2v) is 8.52. The molecule has 5 heteroatoms. The van der Waals surface area contributed by atoms with Gasteiger partial charge in [-0.1, -0.05) is 48.5 Å². The third kappa shape index (κ3) is 4.73. The summed E-state index contributed by atoms with van der Waals surface area (Å²) in [6.45, 7) is 1.35. The van der Waals surface area contributed by atoms with Crippen LogP contribution in [0.15, 0.2) is 91.1 Å². The Morgan fingerprint density at radius 3 is 2.58 bits per heavy atom. The molecule has 0 bridgehead atoms. The summed E-state index contributed by atoms with van der Waals surface area (Å²) >= 11 is 0. The van der Waals surface area contributed by atoms with Crippen LogP contribution in [-0.4, -0.2) is 34.0 Å². The normalized spacial score (nSPS) is 17.5. The summed E-state index contributed by atoms with van der Waals surface area (Å²) in [4.78, 5) is 18.7. The Balaban J connectivity index is 1.54. The van der Waals surface area contributed by atoms with Crippen LogP contribution >= 0.6 is 0 Å². The van der Waals surface area contributed by atoms with E-state index in [-0.39, 0.29) is 12.0 Å². The van der Waals surface area contributed by atoms with Crippen molar-refractivity contribution in [2.45, 2.75) is 18.9 Å². The van der Waals surface area contributed by atoms with E-state index < -0.39 is 5.97 Å². The molecule has 1 aliphatic rings. The van der Waals surface area contributed by atoms with Gasteiger partial charge in [0.2, 0.25) is 0 Å². The Kier molecular flexibility index (Phi) is 6.05. The van der Waals surface area contributed by atoms with Gasteiger partial charge in [-0.2, -0.15) is 0 Å². The minimum absolute atomic E-state index is 0.108. The molecule has 1 N–H and O–H groups in total. The summed E-state index contributed by atoms with van der Waals surface area (Å²) in [5.41, 5.74) is 3.06. The number of rotatable bonds is 6. The SMILES string of the molecule is O=C(O)C1CCCN(C(c2cccc(Oc3ccccc3)c2)c2cnc3ccccc3c2)C1. The number of carboxylic acids is 1. The highest BCUT2D eigenvalue weighted by molar-refractivity contribution is 5.79. The number of piperidine rings is 1. The van der Waals surface area contributed by atoms with Crippen LogP contribution in [0.1, 0.15) is 30.0 Å². The molecule has 2 atom stereocenters. The largest absolute Gasteiger partial charge is 0.481 e. The van der Waals surface area contributed by atoms with Crippen molar-refractivity contribution in [3.63, 3.8) is 0 Å². The zero-order valence-corrected chi connectivity index (χ0v) is 18.3. The van der Waals surface area contributed by atoms with Crippen LogP contribution < -0.4 is 4.74 Å². The molecule has 1 fully saturated rings. The fourth-order valence-electron chi connectivity index (χ4n) is 4.67. The first-order chi connectivity index (χ1) is 16.2. The molecule has 5 nitrogen and oxygen atoms in total. The van der Waals surface area contributed by atoms with Gasteiger partial charge >= 0.3 is 5.97 Å². The van der Waals surface area contributed by atoms with E-state index in [0.717, 1.165) is 46.5 Å². The van der Waals surface area contributed by atoms with Gasteiger partial charge in [0.05, 0.1) is 17.5 Å². The first kappa shape index (κ1) is 21.2. The van der Waals surface area contributed by atoms with Crippen LogP contribution in [0.25, 0.3) is 10.9 Å². The van der Waals surface area contributed by atoms with Gasteiger partial charge in [0.25, 0.3) is 0 Å². The molecule has 33 heavy (non-hydrogen) atoms. The summed E-state index contributed by atoms with van der Waals surface area (Å²) in [5.74, 6) is 0.446. The summed E-state index contributed by atoms with van der Waals surface area (Å²) in [6.07, 6.45) is 3.49. The highest BCUT2D eigenvalue weighted by atomic mass is 16.5. The molecule has 3 aromatic carbocycles. The molecule has 0 spiro atoms. The standard InChI is InChI=1S/C28H26N2O3/c31-28(32)22-10-7-15-30(19-22)27(23-16-20-8-4-5-14-26(20)29-18-23)21-9-6-13-25(17-21)33-24-11-2-1-3-12-24/h1-6,8-9,11-14,16-18,22,27H,7,10,15,19H2,(H,31,32). The number of hydrogen-bond acceptors (Lipinski definition) is 4. The molecular formula is C28H26N2O3. The maximum Gasteiger partial charge on any atom is 0.307 e. The minimum Gasteiger partial charge on any atom is -0.481 e. The van der Waals surface area contributed by atoms with E-state index in [1.54, 1.807) is 0 Å². The number of pyridine rings is 1. The maximum atomic E-state index is 11.8. The topological polar surface area (TPSA) is 62.7 Å². The number of aliphatic carboxylic acids is 1. The molecule has 0 saturated carbocycles. The van der Waals surface area contributed by atoms with Gasteiger partial charge in [0.1, 0.15) is 11.5 Å². The second-order valence-electron chi connectivity index (χ2n) is 8.52. The molecule has 4 aromatic rings. The molecule has 1 saturated heterocycles. The van der Waals surface area contributed by atoms with Crippen molar-refractivity contribution < 1.29 is 14.6 Å². The quantitative estimate of drug-likeness (QED) is 0.405. The van der Waals surface area contributed by atoms with Gasteiger partial charge in [-0.05, 0) is 66.9 Å². The zero-order valence-electron chi connectivity index (χ0n) is 18.3. The highest BCUT2D eigenvalue weighted by Gasteiger charge is 2.31. The van der Waals surface area contributed by atoms with Gasteiger partial charge in [-0.3, -0.25) is 14.7 Å². The Hall–Kier alpha value is -3.70. The van der Waals surface area contributed by atoms with Crippen LogP contribution in [0.5, 0.6) is 11.5 Å². The Morgan fingerprint density at radius 2 is 1.73 bits per heavy atom. The molecule has 1 aromatic heterocycles. The lowest BCUT2D eigenvalue weighted by molar-refractivity contribution is -0.143. The van der Waals surface area contributed by atoms with Gasteiger partial charge in [0, 0.05) is 18.1 Å². The smallest absolute Gasteiger partial charge is 0.307 e. The number of aromatic nitrogens is 1. The second kappa shape index (κ2) is 9.43.